The molecule has 3 aliphatic heterocycles. The highest BCUT2D eigenvalue weighted by atomic mass is 16.5. The van der Waals surface area contributed by atoms with E-state index in [9.17, 15) is 14.4 Å². The van der Waals surface area contributed by atoms with Gasteiger partial charge in [-0.1, -0.05) is 19.1 Å². The van der Waals surface area contributed by atoms with Gasteiger partial charge in [-0.3, -0.25) is 14.5 Å². The van der Waals surface area contributed by atoms with Crippen LogP contribution in [0, 0.1) is 5.92 Å². The van der Waals surface area contributed by atoms with Gasteiger partial charge >= 0.3 is 6.03 Å². The number of fused-ring (bicyclic) bond motifs is 1. The van der Waals surface area contributed by atoms with Crippen molar-refractivity contribution in [1.82, 2.24) is 15.1 Å². The maximum absolute atomic E-state index is 13.3. The number of para-hydroxylation sites is 2. The lowest BCUT2D eigenvalue weighted by molar-refractivity contribution is -0.127. The summed E-state index contributed by atoms with van der Waals surface area (Å²) in [6.07, 6.45) is 4.55. The number of nitrogens with zero attached hydrogens (tertiary/aromatic N) is 3. The number of piperidine rings is 1. The lowest BCUT2D eigenvalue weighted by Gasteiger charge is -2.39. The average Bonchev–Trinajstić information content (AvgIpc) is 3.25. The first-order valence-electron chi connectivity index (χ1n) is 11.9. The van der Waals surface area contributed by atoms with Crippen molar-refractivity contribution >= 4 is 23.5 Å². The number of amides is 4. The predicted octanol–water partition coefficient (Wildman–Crippen LogP) is 2.62. The normalized spacial score (nSPS) is 21.3. The van der Waals surface area contributed by atoms with E-state index in [0.29, 0.717) is 52.0 Å². The Kier molecular flexibility index (Phi) is 7.17. The number of benzene rings is 1. The Morgan fingerprint density at radius 3 is 2.66 bits per heavy atom. The van der Waals surface area contributed by atoms with Gasteiger partial charge in [0.25, 0.3) is 0 Å². The van der Waals surface area contributed by atoms with Gasteiger partial charge in [0.05, 0.1) is 12.2 Å². The zero-order valence-corrected chi connectivity index (χ0v) is 18.9. The third-order valence-electron chi connectivity index (χ3n) is 6.73. The highest BCUT2D eigenvalue weighted by Gasteiger charge is 2.34. The molecule has 0 radical (unpaired) electrons. The summed E-state index contributed by atoms with van der Waals surface area (Å²) in [5, 5.41) is 3.02. The number of urea groups is 1. The molecule has 1 aromatic rings. The van der Waals surface area contributed by atoms with Crippen LogP contribution in [-0.2, 0) is 9.59 Å². The van der Waals surface area contributed by atoms with E-state index >= 15 is 0 Å². The summed E-state index contributed by atoms with van der Waals surface area (Å²) in [4.78, 5) is 43.1. The number of likely N-dealkylation sites (tertiary alicyclic amines) is 2. The van der Waals surface area contributed by atoms with E-state index < -0.39 is 0 Å². The van der Waals surface area contributed by atoms with Crippen LogP contribution >= 0.6 is 0 Å². The number of hydrogen-bond acceptors (Lipinski definition) is 4. The Bertz CT molecular complexity index is 837. The van der Waals surface area contributed by atoms with Gasteiger partial charge < -0.3 is 19.9 Å². The smallest absolute Gasteiger partial charge is 0.324 e. The zero-order valence-electron chi connectivity index (χ0n) is 18.9. The molecule has 1 atom stereocenters. The molecular formula is C24H34N4O4. The molecule has 0 aromatic heterocycles. The van der Waals surface area contributed by atoms with E-state index in [0.717, 1.165) is 37.2 Å². The summed E-state index contributed by atoms with van der Waals surface area (Å²) in [6.45, 7) is 5.91. The first-order valence-corrected chi connectivity index (χ1v) is 11.9. The fraction of sp³-hybridized carbons (Fsp3) is 0.625. The van der Waals surface area contributed by atoms with Gasteiger partial charge in [0.1, 0.15) is 11.9 Å². The Morgan fingerprint density at radius 1 is 1.16 bits per heavy atom. The lowest BCUT2D eigenvalue weighted by Crippen LogP contribution is -2.52. The summed E-state index contributed by atoms with van der Waals surface area (Å²) in [5.74, 6) is 0.978. The molecule has 2 fully saturated rings. The van der Waals surface area contributed by atoms with Crippen molar-refractivity contribution in [2.75, 3.05) is 44.2 Å². The molecule has 1 aromatic carbocycles. The summed E-state index contributed by atoms with van der Waals surface area (Å²) < 4.78 is 6.00. The fourth-order valence-corrected chi connectivity index (χ4v) is 4.76. The van der Waals surface area contributed by atoms with E-state index in [1.54, 1.807) is 0 Å². The number of hydrogen-bond donors (Lipinski definition) is 1. The Balaban J connectivity index is 1.24. The summed E-state index contributed by atoms with van der Waals surface area (Å²) >= 11 is 0. The molecule has 3 aliphatic rings. The predicted molar refractivity (Wildman–Crippen MR) is 122 cm³/mol. The highest BCUT2D eigenvalue weighted by molar-refractivity contribution is 5.94. The summed E-state index contributed by atoms with van der Waals surface area (Å²) in [5.41, 5.74) is 0.818. The van der Waals surface area contributed by atoms with Gasteiger partial charge in [0, 0.05) is 45.1 Å². The minimum absolute atomic E-state index is 0.00617. The third-order valence-corrected chi connectivity index (χ3v) is 6.73. The molecule has 4 rings (SSSR count). The number of ether oxygens (including phenoxy) is 1. The minimum atomic E-state index is -0.0622. The van der Waals surface area contributed by atoms with Gasteiger partial charge in [0.15, 0.2) is 0 Å². The van der Waals surface area contributed by atoms with E-state index in [4.69, 9.17) is 4.74 Å². The van der Waals surface area contributed by atoms with Gasteiger partial charge in [-0.2, -0.15) is 0 Å². The number of carbonyl (C=O) groups excluding carboxylic acids is 3. The zero-order chi connectivity index (χ0) is 22.5. The average molecular weight is 443 g/mol. The molecule has 8 heteroatoms. The van der Waals surface area contributed by atoms with Crippen LogP contribution in [0.25, 0.3) is 0 Å². The second-order valence-corrected chi connectivity index (χ2v) is 8.90. The van der Waals surface area contributed by atoms with Gasteiger partial charge in [-0.05, 0) is 44.2 Å². The summed E-state index contributed by atoms with van der Waals surface area (Å²) in [6, 6.07) is 7.67. The van der Waals surface area contributed by atoms with E-state index in [1.165, 1.54) is 0 Å². The van der Waals surface area contributed by atoms with Crippen molar-refractivity contribution in [3.8, 4) is 5.75 Å². The Labute approximate surface area is 189 Å². The molecule has 0 spiro atoms. The molecule has 0 aliphatic carbocycles. The molecule has 1 N–H and O–H groups in total. The molecular weight excluding hydrogens is 408 g/mol. The molecule has 0 bridgehead atoms. The van der Waals surface area contributed by atoms with Crippen molar-refractivity contribution in [2.24, 2.45) is 5.92 Å². The minimum Gasteiger partial charge on any atom is -0.486 e. The molecule has 3 heterocycles. The van der Waals surface area contributed by atoms with Crippen LogP contribution in [-0.4, -0.2) is 73.0 Å². The number of carbonyl (C=O) groups is 3. The van der Waals surface area contributed by atoms with Crippen LogP contribution in [0.3, 0.4) is 0 Å². The van der Waals surface area contributed by atoms with Gasteiger partial charge in [-0.25, -0.2) is 4.79 Å². The van der Waals surface area contributed by atoms with Crippen LogP contribution in [0.2, 0.25) is 0 Å². The van der Waals surface area contributed by atoms with Crippen molar-refractivity contribution in [1.29, 1.82) is 0 Å². The molecule has 0 unspecified atom stereocenters. The maximum Gasteiger partial charge on any atom is 0.324 e. The Morgan fingerprint density at radius 2 is 1.94 bits per heavy atom. The number of nitrogens with one attached hydrogen (secondary N) is 1. The quantitative estimate of drug-likeness (QED) is 0.687. The SMILES string of the molecule is CC[C@@H]1CN(C(=O)N2CCC(C(=O)NCCCN3CCCC3=O)CC2)c2ccccc2O1. The van der Waals surface area contributed by atoms with Crippen LogP contribution < -0.4 is 15.0 Å². The molecule has 8 nitrogen and oxygen atoms in total. The van der Waals surface area contributed by atoms with Crippen molar-refractivity contribution in [3.63, 3.8) is 0 Å². The molecule has 0 saturated carbocycles. The largest absolute Gasteiger partial charge is 0.486 e. The standard InChI is InChI=1S/C24H34N4O4/c1-2-19-17-28(20-7-3-4-8-21(20)32-19)24(31)27-15-10-18(11-16-27)23(30)25-12-6-14-26-13-5-9-22(26)29/h3-4,7-8,18-19H,2,5-6,9-17H2,1H3,(H,25,30)/t19-/m1/s1. The molecule has 174 valence electrons. The van der Waals surface area contributed by atoms with Crippen molar-refractivity contribution in [3.05, 3.63) is 24.3 Å². The van der Waals surface area contributed by atoms with Gasteiger partial charge in [-0.15, -0.1) is 0 Å². The second-order valence-electron chi connectivity index (χ2n) is 8.90. The van der Waals surface area contributed by atoms with Crippen LogP contribution in [0.4, 0.5) is 10.5 Å². The number of anilines is 1. The molecule has 4 amide bonds. The van der Waals surface area contributed by atoms with E-state index in [-0.39, 0.29) is 29.9 Å². The van der Waals surface area contributed by atoms with Crippen LogP contribution in [0.1, 0.15) is 45.4 Å². The van der Waals surface area contributed by atoms with E-state index in [1.807, 2.05) is 39.0 Å². The first-order chi connectivity index (χ1) is 15.6. The molecule has 32 heavy (non-hydrogen) atoms. The van der Waals surface area contributed by atoms with Gasteiger partial charge in [0.2, 0.25) is 11.8 Å². The summed E-state index contributed by atoms with van der Waals surface area (Å²) in [7, 11) is 0. The monoisotopic (exact) mass is 442 g/mol. The van der Waals surface area contributed by atoms with Crippen LogP contribution in [0.15, 0.2) is 24.3 Å². The maximum atomic E-state index is 13.3. The topological polar surface area (TPSA) is 82.2 Å². The van der Waals surface area contributed by atoms with Crippen molar-refractivity contribution in [2.45, 2.75) is 51.6 Å². The third kappa shape index (κ3) is 5.00. The lowest BCUT2D eigenvalue weighted by atomic mass is 9.96. The first kappa shape index (κ1) is 22.4. The van der Waals surface area contributed by atoms with Crippen LogP contribution in [0.5, 0.6) is 5.75 Å². The number of rotatable bonds is 6. The van der Waals surface area contributed by atoms with Crippen molar-refractivity contribution < 1.29 is 19.1 Å². The van der Waals surface area contributed by atoms with E-state index in [2.05, 4.69) is 12.2 Å². The highest BCUT2D eigenvalue weighted by Crippen LogP contribution is 2.35. The molecule has 2 saturated heterocycles. The Hall–Kier alpha value is -2.77. The fourth-order valence-electron chi connectivity index (χ4n) is 4.76. The second kappa shape index (κ2) is 10.2.